The normalized spacial score (nSPS) is 18.6. The molecule has 0 aliphatic carbocycles. The molecule has 1 amide bonds. The first-order valence-corrected chi connectivity index (χ1v) is 6.87. The third-order valence-electron chi connectivity index (χ3n) is 3.09. The van der Waals surface area contributed by atoms with E-state index in [-0.39, 0.29) is 16.1 Å². The fourth-order valence-electron chi connectivity index (χ4n) is 1.98. The molecule has 2 rings (SSSR count). The third kappa shape index (κ3) is 3.98. The fourth-order valence-corrected chi connectivity index (χ4v) is 2.32. The highest BCUT2D eigenvalue weighted by molar-refractivity contribution is 9.10. The Morgan fingerprint density at radius 2 is 2.21 bits per heavy atom. The summed E-state index contributed by atoms with van der Waals surface area (Å²) in [6, 6.07) is 1.96. The van der Waals surface area contributed by atoms with Crippen LogP contribution in [0.15, 0.2) is 16.6 Å². The predicted octanol–water partition coefficient (Wildman–Crippen LogP) is 3.48. The molecule has 1 saturated heterocycles. The van der Waals surface area contributed by atoms with E-state index < -0.39 is 11.6 Å². The van der Waals surface area contributed by atoms with Gasteiger partial charge in [0, 0.05) is 25.7 Å². The quantitative estimate of drug-likeness (QED) is 0.856. The van der Waals surface area contributed by atoms with Crippen molar-refractivity contribution in [1.29, 1.82) is 0 Å². The van der Waals surface area contributed by atoms with Gasteiger partial charge in [0.2, 0.25) is 5.91 Å². The molecule has 104 valence electrons. The summed E-state index contributed by atoms with van der Waals surface area (Å²) in [6.45, 7) is 1.43. The lowest BCUT2D eigenvalue weighted by Gasteiger charge is -2.09. The van der Waals surface area contributed by atoms with Crippen LogP contribution in [-0.2, 0) is 9.53 Å². The molecule has 0 aromatic heterocycles. The first-order valence-electron chi connectivity index (χ1n) is 6.08. The Morgan fingerprint density at radius 3 is 2.89 bits per heavy atom. The molecule has 0 saturated carbocycles. The molecule has 1 atom stereocenters. The summed E-state index contributed by atoms with van der Waals surface area (Å²) in [7, 11) is 0. The third-order valence-corrected chi connectivity index (χ3v) is 3.70. The number of nitrogens with one attached hydrogen (secondary N) is 1. The number of carbonyl (C=O) groups excluding carboxylic acids is 1. The van der Waals surface area contributed by atoms with Crippen LogP contribution in [0.5, 0.6) is 0 Å². The number of carbonyl (C=O) groups is 1. The van der Waals surface area contributed by atoms with Crippen LogP contribution < -0.4 is 5.32 Å². The minimum atomic E-state index is -0.779. The van der Waals surface area contributed by atoms with Crippen LogP contribution in [0.1, 0.15) is 19.3 Å². The van der Waals surface area contributed by atoms with Crippen molar-refractivity contribution in [3.05, 3.63) is 28.2 Å². The van der Waals surface area contributed by atoms with Crippen molar-refractivity contribution in [1.82, 2.24) is 0 Å². The molecule has 6 heteroatoms. The SMILES string of the molecule is O=C(CC[C@H]1CCOC1)Nc1cc(Br)c(F)cc1F. The van der Waals surface area contributed by atoms with E-state index in [9.17, 15) is 13.6 Å². The molecule has 1 N–H and O–H groups in total. The Labute approximate surface area is 118 Å². The number of amides is 1. The summed E-state index contributed by atoms with van der Waals surface area (Å²) in [6.07, 6.45) is 1.99. The van der Waals surface area contributed by atoms with E-state index in [1.807, 2.05) is 0 Å². The molecule has 1 heterocycles. The average molecular weight is 334 g/mol. The highest BCUT2D eigenvalue weighted by Crippen LogP contribution is 2.24. The molecule has 3 nitrogen and oxygen atoms in total. The molecular weight excluding hydrogens is 320 g/mol. The second kappa shape index (κ2) is 6.43. The Hall–Kier alpha value is -1.01. The van der Waals surface area contributed by atoms with Crippen LogP contribution in [0.4, 0.5) is 14.5 Å². The van der Waals surface area contributed by atoms with Gasteiger partial charge in [-0.3, -0.25) is 4.79 Å². The smallest absolute Gasteiger partial charge is 0.224 e. The zero-order valence-electron chi connectivity index (χ0n) is 10.2. The van der Waals surface area contributed by atoms with Crippen molar-refractivity contribution in [2.75, 3.05) is 18.5 Å². The van der Waals surface area contributed by atoms with Crippen LogP contribution in [0.25, 0.3) is 0 Å². The van der Waals surface area contributed by atoms with Gasteiger partial charge >= 0.3 is 0 Å². The molecule has 1 aliphatic heterocycles. The Morgan fingerprint density at radius 1 is 1.42 bits per heavy atom. The molecule has 0 spiro atoms. The minimum Gasteiger partial charge on any atom is -0.381 e. The van der Waals surface area contributed by atoms with Gasteiger partial charge in [-0.2, -0.15) is 0 Å². The van der Waals surface area contributed by atoms with Crippen LogP contribution in [0.2, 0.25) is 0 Å². The second-order valence-electron chi connectivity index (χ2n) is 4.56. The van der Waals surface area contributed by atoms with Gasteiger partial charge in [-0.15, -0.1) is 0 Å². The number of anilines is 1. The molecule has 19 heavy (non-hydrogen) atoms. The molecule has 0 unspecified atom stereocenters. The van der Waals surface area contributed by atoms with E-state index in [1.54, 1.807) is 0 Å². The number of ether oxygens (including phenoxy) is 1. The fraction of sp³-hybridized carbons (Fsp3) is 0.462. The summed E-state index contributed by atoms with van der Waals surface area (Å²) in [5.74, 6) is -1.35. The molecule has 1 aliphatic rings. The van der Waals surface area contributed by atoms with Crippen LogP contribution in [-0.4, -0.2) is 19.1 Å². The van der Waals surface area contributed by atoms with Crippen LogP contribution in [0.3, 0.4) is 0 Å². The molecule has 0 bridgehead atoms. The highest BCUT2D eigenvalue weighted by atomic mass is 79.9. The lowest BCUT2D eigenvalue weighted by Crippen LogP contribution is -2.14. The topological polar surface area (TPSA) is 38.3 Å². The Bertz CT molecular complexity index is 476. The van der Waals surface area contributed by atoms with Crippen LogP contribution >= 0.6 is 15.9 Å². The van der Waals surface area contributed by atoms with Crippen molar-refractivity contribution in [2.24, 2.45) is 5.92 Å². The van der Waals surface area contributed by atoms with Gasteiger partial charge in [0.25, 0.3) is 0 Å². The Kier molecular flexibility index (Phi) is 4.87. The maximum atomic E-state index is 13.4. The molecule has 1 fully saturated rings. The lowest BCUT2D eigenvalue weighted by molar-refractivity contribution is -0.116. The number of rotatable bonds is 4. The van der Waals surface area contributed by atoms with Crippen molar-refractivity contribution >= 4 is 27.5 Å². The summed E-state index contributed by atoms with van der Waals surface area (Å²) in [4.78, 5) is 11.7. The summed E-state index contributed by atoms with van der Waals surface area (Å²) in [5, 5.41) is 2.45. The minimum absolute atomic E-state index is 0.0130. The monoisotopic (exact) mass is 333 g/mol. The number of benzene rings is 1. The maximum absolute atomic E-state index is 13.4. The van der Waals surface area contributed by atoms with E-state index in [4.69, 9.17) is 4.74 Å². The van der Waals surface area contributed by atoms with Gasteiger partial charge in [-0.1, -0.05) is 0 Å². The predicted molar refractivity (Wildman–Crippen MR) is 70.8 cm³/mol. The zero-order chi connectivity index (χ0) is 13.8. The molecule has 1 aromatic carbocycles. The first kappa shape index (κ1) is 14.4. The highest BCUT2D eigenvalue weighted by Gasteiger charge is 2.17. The summed E-state index contributed by atoms with van der Waals surface area (Å²) in [5.41, 5.74) is -0.0130. The standard InChI is InChI=1S/C13H14BrF2NO2/c14-9-5-12(11(16)6-10(9)15)17-13(18)2-1-8-3-4-19-7-8/h5-6,8H,1-4,7H2,(H,17,18)/t8-/m0/s1. The van der Waals surface area contributed by atoms with Crippen molar-refractivity contribution in [3.63, 3.8) is 0 Å². The van der Waals surface area contributed by atoms with E-state index in [2.05, 4.69) is 21.2 Å². The lowest BCUT2D eigenvalue weighted by atomic mass is 10.0. The molecular formula is C13H14BrF2NO2. The summed E-state index contributed by atoms with van der Waals surface area (Å²) < 4.78 is 31.8. The average Bonchev–Trinajstić information content (AvgIpc) is 2.86. The van der Waals surface area contributed by atoms with Gasteiger partial charge < -0.3 is 10.1 Å². The molecule has 0 radical (unpaired) electrons. The van der Waals surface area contributed by atoms with Gasteiger partial charge in [0.15, 0.2) is 0 Å². The first-order chi connectivity index (χ1) is 9.06. The number of hydrogen-bond donors (Lipinski definition) is 1. The van der Waals surface area contributed by atoms with Gasteiger partial charge in [0.1, 0.15) is 11.6 Å². The van der Waals surface area contributed by atoms with Gasteiger partial charge in [-0.05, 0) is 40.8 Å². The Balaban J connectivity index is 1.89. The summed E-state index contributed by atoms with van der Waals surface area (Å²) >= 11 is 2.95. The van der Waals surface area contributed by atoms with Crippen molar-refractivity contribution < 1.29 is 18.3 Å². The zero-order valence-corrected chi connectivity index (χ0v) is 11.8. The largest absolute Gasteiger partial charge is 0.381 e. The van der Waals surface area contributed by atoms with E-state index >= 15 is 0 Å². The number of hydrogen-bond acceptors (Lipinski definition) is 2. The number of halogens is 3. The van der Waals surface area contributed by atoms with Crippen molar-refractivity contribution in [2.45, 2.75) is 19.3 Å². The van der Waals surface area contributed by atoms with E-state index in [0.717, 1.165) is 25.5 Å². The van der Waals surface area contributed by atoms with Crippen molar-refractivity contribution in [3.8, 4) is 0 Å². The maximum Gasteiger partial charge on any atom is 0.224 e. The van der Waals surface area contributed by atoms with Gasteiger partial charge in [-0.25, -0.2) is 8.78 Å². The molecule has 1 aromatic rings. The van der Waals surface area contributed by atoms with Crippen LogP contribution in [0, 0.1) is 17.6 Å². The second-order valence-corrected chi connectivity index (χ2v) is 5.42. The van der Waals surface area contributed by atoms with E-state index in [0.29, 0.717) is 18.9 Å². The van der Waals surface area contributed by atoms with E-state index in [1.165, 1.54) is 6.07 Å². The van der Waals surface area contributed by atoms with Gasteiger partial charge in [0.05, 0.1) is 10.2 Å².